The van der Waals surface area contributed by atoms with Gasteiger partial charge in [-0.15, -0.1) is 0 Å². The Morgan fingerprint density at radius 1 is 1.10 bits per heavy atom. The smallest absolute Gasteiger partial charge is 0.282 e. The Kier molecular flexibility index (Phi) is 4.02. The summed E-state index contributed by atoms with van der Waals surface area (Å²) in [5, 5.41) is 0. The molecule has 2 aromatic rings. The van der Waals surface area contributed by atoms with Crippen LogP contribution in [0, 0.1) is 0 Å². The van der Waals surface area contributed by atoms with E-state index in [1.165, 1.54) is 12.4 Å². The van der Waals surface area contributed by atoms with E-state index >= 15 is 0 Å². The van der Waals surface area contributed by atoms with Gasteiger partial charge in [0.25, 0.3) is 10.1 Å². The molecule has 4 nitrogen and oxygen atoms in total. The maximum absolute atomic E-state index is 13.0. The molecule has 0 fully saturated rings. The molecule has 112 valence electrons. The van der Waals surface area contributed by atoms with Gasteiger partial charge in [0.2, 0.25) is 0 Å². The lowest BCUT2D eigenvalue weighted by atomic mass is 10.00. The third-order valence-corrected chi connectivity index (χ3v) is 3.68. The van der Waals surface area contributed by atoms with Crippen LogP contribution in [0.25, 0.3) is 0 Å². The van der Waals surface area contributed by atoms with Crippen LogP contribution in [-0.4, -0.2) is 18.0 Å². The Morgan fingerprint density at radius 2 is 1.71 bits per heavy atom. The first-order valence-electron chi connectivity index (χ1n) is 5.74. The molecule has 1 aromatic heterocycles. The Labute approximate surface area is 119 Å². The van der Waals surface area contributed by atoms with Gasteiger partial charge in [0.1, 0.15) is 0 Å². The molecule has 8 heteroatoms. The van der Waals surface area contributed by atoms with Crippen molar-refractivity contribution < 1.29 is 26.1 Å². The monoisotopic (exact) mass is 317 g/mol. The van der Waals surface area contributed by atoms with E-state index < -0.39 is 26.8 Å². The summed E-state index contributed by atoms with van der Waals surface area (Å²) in [5.41, 5.74) is -0.564. The maximum atomic E-state index is 13.0. The average molecular weight is 317 g/mol. The predicted octanol–water partition coefficient (Wildman–Crippen LogP) is 2.94. The number of aromatic nitrogens is 1. The number of hydrogen-bond donors (Lipinski definition) is 1. The van der Waals surface area contributed by atoms with E-state index in [0.29, 0.717) is 11.6 Å². The van der Waals surface area contributed by atoms with E-state index in [0.717, 1.165) is 12.1 Å². The van der Waals surface area contributed by atoms with Crippen LogP contribution in [0.5, 0.6) is 0 Å². The van der Waals surface area contributed by atoms with E-state index in [-0.39, 0.29) is 12.0 Å². The lowest BCUT2D eigenvalue weighted by Gasteiger charge is -2.14. The average Bonchev–Trinajstić information content (AvgIpc) is 2.38. The van der Waals surface area contributed by atoms with Gasteiger partial charge in [0.05, 0.1) is 10.5 Å². The van der Waals surface area contributed by atoms with Crippen molar-refractivity contribution in [1.29, 1.82) is 0 Å². The third kappa shape index (κ3) is 3.79. The van der Waals surface area contributed by atoms with E-state index in [9.17, 15) is 21.6 Å². The molecule has 0 saturated carbocycles. The topological polar surface area (TPSA) is 67.3 Å². The molecule has 2 rings (SSSR count). The standard InChI is InChI=1S/C13H10F3NO3S/c14-13(15,16)12-8-11(21(18,19)20)2-1-10(12)7-9-3-5-17-6-4-9/h1-6,8H,7H2,(H,18,19,20). The third-order valence-electron chi connectivity index (χ3n) is 2.83. The molecule has 1 aromatic carbocycles. The first-order chi connectivity index (χ1) is 9.68. The lowest BCUT2D eigenvalue weighted by Crippen LogP contribution is -2.11. The normalized spacial score (nSPS) is 12.4. The molecule has 0 aliphatic rings. The minimum atomic E-state index is -4.72. The van der Waals surface area contributed by atoms with Crippen LogP contribution >= 0.6 is 0 Å². The van der Waals surface area contributed by atoms with Crippen LogP contribution in [0.3, 0.4) is 0 Å². The summed E-state index contributed by atoms with van der Waals surface area (Å²) >= 11 is 0. The van der Waals surface area contributed by atoms with Crippen molar-refractivity contribution in [3.63, 3.8) is 0 Å². The molecule has 0 radical (unpaired) electrons. The van der Waals surface area contributed by atoms with Crippen molar-refractivity contribution in [1.82, 2.24) is 4.98 Å². The van der Waals surface area contributed by atoms with Gasteiger partial charge in [-0.1, -0.05) is 6.07 Å². The molecular formula is C13H10F3NO3S. The van der Waals surface area contributed by atoms with E-state index in [1.54, 1.807) is 12.1 Å². The van der Waals surface area contributed by atoms with Crippen LogP contribution in [-0.2, 0) is 22.7 Å². The highest BCUT2D eigenvalue weighted by Gasteiger charge is 2.34. The summed E-state index contributed by atoms with van der Waals surface area (Å²) in [6.07, 6.45) is -1.84. The zero-order valence-corrected chi connectivity index (χ0v) is 11.3. The van der Waals surface area contributed by atoms with E-state index in [4.69, 9.17) is 4.55 Å². The molecule has 0 saturated heterocycles. The second kappa shape index (κ2) is 5.45. The Bertz CT molecular complexity index is 743. The molecule has 0 atom stereocenters. The van der Waals surface area contributed by atoms with Crippen LogP contribution in [0.15, 0.2) is 47.6 Å². The highest BCUT2D eigenvalue weighted by molar-refractivity contribution is 7.85. The second-order valence-electron chi connectivity index (χ2n) is 4.32. The quantitative estimate of drug-likeness (QED) is 0.884. The minimum Gasteiger partial charge on any atom is -0.282 e. The largest absolute Gasteiger partial charge is 0.416 e. The van der Waals surface area contributed by atoms with E-state index in [1.807, 2.05) is 0 Å². The zero-order valence-electron chi connectivity index (χ0n) is 10.5. The van der Waals surface area contributed by atoms with Crippen molar-refractivity contribution in [3.8, 4) is 0 Å². The van der Waals surface area contributed by atoms with Crippen molar-refractivity contribution >= 4 is 10.1 Å². The summed E-state index contributed by atoms with van der Waals surface area (Å²) in [5.74, 6) is 0. The van der Waals surface area contributed by atoms with Crippen LogP contribution in [0.1, 0.15) is 16.7 Å². The molecule has 0 unspecified atom stereocenters. The molecule has 1 N–H and O–H groups in total. The number of rotatable bonds is 3. The van der Waals surface area contributed by atoms with Crippen molar-refractivity contribution in [2.75, 3.05) is 0 Å². The number of benzene rings is 1. The number of hydrogen-bond acceptors (Lipinski definition) is 3. The molecule has 0 aliphatic heterocycles. The van der Waals surface area contributed by atoms with Gasteiger partial charge in [0.15, 0.2) is 0 Å². The molecule has 21 heavy (non-hydrogen) atoms. The lowest BCUT2D eigenvalue weighted by molar-refractivity contribution is -0.138. The molecule has 0 spiro atoms. The molecule has 0 aliphatic carbocycles. The highest BCUT2D eigenvalue weighted by Crippen LogP contribution is 2.34. The fourth-order valence-corrected chi connectivity index (χ4v) is 2.36. The summed E-state index contributed by atoms with van der Waals surface area (Å²) < 4.78 is 69.9. The predicted molar refractivity (Wildman–Crippen MR) is 68.3 cm³/mol. The molecular weight excluding hydrogens is 307 g/mol. The SMILES string of the molecule is O=S(=O)(O)c1ccc(Cc2ccncc2)c(C(F)(F)F)c1. The first-order valence-corrected chi connectivity index (χ1v) is 7.18. The van der Waals surface area contributed by atoms with Gasteiger partial charge < -0.3 is 0 Å². The van der Waals surface area contributed by atoms with E-state index in [2.05, 4.69) is 4.98 Å². The first kappa shape index (κ1) is 15.5. The number of halogens is 3. The van der Waals surface area contributed by atoms with Crippen LogP contribution < -0.4 is 0 Å². The number of nitrogens with zero attached hydrogens (tertiary/aromatic N) is 1. The van der Waals surface area contributed by atoms with Crippen molar-refractivity contribution in [3.05, 3.63) is 59.4 Å². The van der Waals surface area contributed by atoms with Gasteiger partial charge >= 0.3 is 6.18 Å². The van der Waals surface area contributed by atoms with Gasteiger partial charge in [0, 0.05) is 12.4 Å². The minimum absolute atomic E-state index is 0.0247. The van der Waals surface area contributed by atoms with Gasteiger partial charge in [-0.25, -0.2) is 0 Å². The van der Waals surface area contributed by atoms with Gasteiger partial charge in [-0.3, -0.25) is 9.54 Å². The highest BCUT2D eigenvalue weighted by atomic mass is 32.2. The Balaban J connectivity index is 2.51. The summed E-state index contributed by atoms with van der Waals surface area (Å²) in [4.78, 5) is 2.99. The van der Waals surface area contributed by atoms with Crippen molar-refractivity contribution in [2.24, 2.45) is 0 Å². The van der Waals surface area contributed by atoms with Crippen LogP contribution in [0.4, 0.5) is 13.2 Å². The summed E-state index contributed by atoms with van der Waals surface area (Å²) in [7, 11) is -4.69. The molecule has 0 bridgehead atoms. The summed E-state index contributed by atoms with van der Waals surface area (Å²) in [6, 6.07) is 5.56. The van der Waals surface area contributed by atoms with Crippen LogP contribution in [0.2, 0.25) is 0 Å². The zero-order chi connectivity index (χ0) is 15.7. The van der Waals surface area contributed by atoms with Crippen molar-refractivity contribution in [2.45, 2.75) is 17.5 Å². The number of alkyl halides is 3. The van der Waals surface area contributed by atoms with Gasteiger partial charge in [-0.05, 0) is 41.8 Å². The molecule has 0 amide bonds. The fraction of sp³-hybridized carbons (Fsp3) is 0.154. The maximum Gasteiger partial charge on any atom is 0.416 e. The number of pyridine rings is 1. The second-order valence-corrected chi connectivity index (χ2v) is 5.75. The Hall–Kier alpha value is -1.93. The fourth-order valence-electron chi connectivity index (χ4n) is 1.85. The molecule has 1 heterocycles. The summed E-state index contributed by atoms with van der Waals surface area (Å²) in [6.45, 7) is 0. The Morgan fingerprint density at radius 3 is 2.24 bits per heavy atom. The van der Waals surface area contributed by atoms with Gasteiger partial charge in [-0.2, -0.15) is 21.6 Å².